The Morgan fingerprint density at radius 1 is 1.29 bits per heavy atom. The van der Waals surface area contributed by atoms with E-state index < -0.39 is 6.61 Å². The summed E-state index contributed by atoms with van der Waals surface area (Å²) in [6, 6.07) is 7.01. The van der Waals surface area contributed by atoms with Gasteiger partial charge in [-0.25, -0.2) is 0 Å². The van der Waals surface area contributed by atoms with Crippen LogP contribution in [0.2, 0.25) is 0 Å². The predicted molar refractivity (Wildman–Crippen MR) is 88.1 cm³/mol. The third-order valence-electron chi connectivity index (χ3n) is 5.30. The standard InChI is InChI=1S/C18H26F2N2O2/c1-21-12-15(23)10-18(13-21)6-8-22(9-7-18)11-14-4-2-3-5-16(14)24-17(19)20/h2-5,15,17,23H,6-13H2,1H3. The summed E-state index contributed by atoms with van der Waals surface area (Å²) in [7, 11) is 2.06. The maximum atomic E-state index is 12.5. The van der Waals surface area contributed by atoms with Crippen molar-refractivity contribution in [2.24, 2.45) is 5.41 Å². The van der Waals surface area contributed by atoms with E-state index >= 15 is 0 Å². The van der Waals surface area contributed by atoms with Crippen molar-refractivity contribution in [1.82, 2.24) is 9.80 Å². The first-order valence-corrected chi connectivity index (χ1v) is 8.57. The lowest BCUT2D eigenvalue weighted by Gasteiger charge is -2.48. The second-order valence-electron chi connectivity index (χ2n) is 7.32. The summed E-state index contributed by atoms with van der Waals surface area (Å²) < 4.78 is 29.7. The van der Waals surface area contributed by atoms with Crippen molar-refractivity contribution in [1.29, 1.82) is 0 Å². The molecular formula is C18H26F2N2O2. The molecule has 4 nitrogen and oxygen atoms in total. The summed E-state index contributed by atoms with van der Waals surface area (Å²) in [5.41, 5.74) is 0.997. The fourth-order valence-corrected chi connectivity index (χ4v) is 4.26. The fourth-order valence-electron chi connectivity index (χ4n) is 4.26. The number of piperidine rings is 2. The lowest BCUT2D eigenvalue weighted by atomic mass is 9.71. The number of hydrogen-bond donors (Lipinski definition) is 1. The third kappa shape index (κ3) is 4.23. The van der Waals surface area contributed by atoms with Crippen LogP contribution < -0.4 is 4.74 Å². The summed E-state index contributed by atoms with van der Waals surface area (Å²) >= 11 is 0. The van der Waals surface area contributed by atoms with Crippen molar-refractivity contribution in [3.8, 4) is 5.75 Å². The average molecular weight is 340 g/mol. The molecule has 24 heavy (non-hydrogen) atoms. The number of ether oxygens (including phenoxy) is 1. The largest absolute Gasteiger partial charge is 0.434 e. The molecule has 1 N–H and O–H groups in total. The van der Waals surface area contributed by atoms with E-state index in [1.165, 1.54) is 0 Å². The van der Waals surface area contributed by atoms with Gasteiger partial charge in [0.25, 0.3) is 0 Å². The van der Waals surface area contributed by atoms with E-state index in [2.05, 4.69) is 21.6 Å². The molecule has 2 fully saturated rings. The van der Waals surface area contributed by atoms with E-state index in [0.717, 1.165) is 51.0 Å². The van der Waals surface area contributed by atoms with Crippen LogP contribution in [0.3, 0.4) is 0 Å². The molecule has 0 aromatic heterocycles. The molecule has 0 bridgehead atoms. The minimum Gasteiger partial charge on any atom is -0.434 e. The van der Waals surface area contributed by atoms with Crippen LogP contribution in [-0.2, 0) is 6.54 Å². The minimum absolute atomic E-state index is 0.196. The fraction of sp³-hybridized carbons (Fsp3) is 0.667. The molecule has 0 amide bonds. The number of para-hydroxylation sites is 1. The van der Waals surface area contributed by atoms with Crippen molar-refractivity contribution in [3.05, 3.63) is 29.8 Å². The Hall–Kier alpha value is -1.24. The number of benzene rings is 1. The van der Waals surface area contributed by atoms with Gasteiger partial charge < -0.3 is 14.7 Å². The normalized spacial score (nSPS) is 25.3. The number of aliphatic hydroxyl groups is 1. The number of nitrogens with zero attached hydrogens (tertiary/aromatic N) is 2. The summed E-state index contributed by atoms with van der Waals surface area (Å²) in [6.45, 7) is 1.45. The zero-order chi connectivity index (χ0) is 17.2. The highest BCUT2D eigenvalue weighted by molar-refractivity contribution is 5.33. The number of likely N-dealkylation sites (tertiary alicyclic amines) is 2. The molecule has 0 radical (unpaired) electrons. The average Bonchev–Trinajstić information content (AvgIpc) is 2.50. The molecule has 6 heteroatoms. The second kappa shape index (κ2) is 7.33. The summed E-state index contributed by atoms with van der Waals surface area (Å²) in [5, 5.41) is 10.1. The predicted octanol–water partition coefficient (Wildman–Crippen LogP) is 2.57. The van der Waals surface area contributed by atoms with Gasteiger partial charge in [0.2, 0.25) is 0 Å². The molecular weight excluding hydrogens is 314 g/mol. The van der Waals surface area contributed by atoms with E-state index in [4.69, 9.17) is 0 Å². The number of hydrogen-bond acceptors (Lipinski definition) is 4. The minimum atomic E-state index is -2.80. The Morgan fingerprint density at radius 2 is 2.00 bits per heavy atom. The summed E-state index contributed by atoms with van der Waals surface area (Å²) in [5.74, 6) is 0.264. The Labute approximate surface area is 142 Å². The van der Waals surface area contributed by atoms with Gasteiger partial charge in [0.15, 0.2) is 0 Å². The Balaban J connectivity index is 1.60. The Kier molecular flexibility index (Phi) is 5.37. The van der Waals surface area contributed by atoms with Crippen LogP contribution in [-0.4, -0.2) is 60.8 Å². The van der Waals surface area contributed by atoms with Gasteiger partial charge in [-0.3, -0.25) is 4.90 Å². The second-order valence-corrected chi connectivity index (χ2v) is 7.32. The van der Waals surface area contributed by atoms with Gasteiger partial charge >= 0.3 is 6.61 Å². The van der Waals surface area contributed by atoms with Gasteiger partial charge in [-0.05, 0) is 50.9 Å². The number of β-amino-alcohol motifs (C(OH)–C–C–N with tert-alkyl or cyclic N) is 1. The molecule has 2 heterocycles. The van der Waals surface area contributed by atoms with E-state index in [1.54, 1.807) is 12.1 Å². The molecule has 0 saturated carbocycles. The van der Waals surface area contributed by atoms with Gasteiger partial charge in [-0.2, -0.15) is 8.78 Å². The monoisotopic (exact) mass is 340 g/mol. The molecule has 1 aromatic rings. The number of rotatable bonds is 4. The Morgan fingerprint density at radius 3 is 2.67 bits per heavy atom. The maximum absolute atomic E-state index is 12.5. The number of likely N-dealkylation sites (N-methyl/N-ethyl adjacent to an activating group) is 1. The first-order valence-electron chi connectivity index (χ1n) is 8.57. The highest BCUT2D eigenvalue weighted by Gasteiger charge is 2.40. The molecule has 3 rings (SSSR count). The quantitative estimate of drug-likeness (QED) is 0.914. The van der Waals surface area contributed by atoms with Crippen molar-refractivity contribution in [2.75, 3.05) is 33.2 Å². The van der Waals surface area contributed by atoms with Crippen molar-refractivity contribution >= 4 is 0 Å². The molecule has 2 aliphatic rings. The van der Waals surface area contributed by atoms with Crippen LogP contribution in [0.1, 0.15) is 24.8 Å². The smallest absolute Gasteiger partial charge is 0.387 e. The van der Waals surface area contributed by atoms with Gasteiger partial charge in [0.05, 0.1) is 6.10 Å². The molecule has 1 unspecified atom stereocenters. The van der Waals surface area contributed by atoms with Crippen LogP contribution in [0.25, 0.3) is 0 Å². The zero-order valence-corrected chi connectivity index (χ0v) is 14.1. The lowest BCUT2D eigenvalue weighted by molar-refractivity contribution is -0.0514. The van der Waals surface area contributed by atoms with Gasteiger partial charge in [-0.1, -0.05) is 18.2 Å². The highest BCUT2D eigenvalue weighted by atomic mass is 19.3. The highest BCUT2D eigenvalue weighted by Crippen LogP contribution is 2.40. The van der Waals surface area contributed by atoms with Crippen LogP contribution in [0.5, 0.6) is 5.75 Å². The van der Waals surface area contributed by atoms with Gasteiger partial charge in [0.1, 0.15) is 5.75 Å². The van der Waals surface area contributed by atoms with E-state index in [-0.39, 0.29) is 17.3 Å². The summed E-state index contributed by atoms with van der Waals surface area (Å²) in [6.07, 6.45) is 2.70. The maximum Gasteiger partial charge on any atom is 0.387 e. The van der Waals surface area contributed by atoms with Crippen molar-refractivity contribution < 1.29 is 18.6 Å². The first-order chi connectivity index (χ1) is 11.5. The number of alkyl halides is 2. The summed E-state index contributed by atoms with van der Waals surface area (Å²) in [4.78, 5) is 4.51. The third-order valence-corrected chi connectivity index (χ3v) is 5.30. The van der Waals surface area contributed by atoms with Crippen LogP contribution in [0.15, 0.2) is 24.3 Å². The molecule has 0 aliphatic carbocycles. The number of halogens is 2. The van der Waals surface area contributed by atoms with Crippen molar-refractivity contribution in [3.63, 3.8) is 0 Å². The van der Waals surface area contributed by atoms with Crippen LogP contribution in [0.4, 0.5) is 8.78 Å². The van der Waals surface area contributed by atoms with Crippen molar-refractivity contribution in [2.45, 2.75) is 38.5 Å². The zero-order valence-electron chi connectivity index (χ0n) is 14.1. The van der Waals surface area contributed by atoms with E-state index in [9.17, 15) is 13.9 Å². The Bertz CT molecular complexity index is 536. The van der Waals surface area contributed by atoms with Crippen LogP contribution in [0, 0.1) is 5.41 Å². The lowest BCUT2D eigenvalue weighted by Crippen LogP contribution is -2.52. The number of aliphatic hydroxyl groups excluding tert-OH is 1. The molecule has 1 atom stereocenters. The molecule has 1 aromatic carbocycles. The van der Waals surface area contributed by atoms with E-state index in [1.807, 2.05) is 12.1 Å². The van der Waals surface area contributed by atoms with E-state index in [0.29, 0.717) is 6.54 Å². The molecule has 134 valence electrons. The van der Waals surface area contributed by atoms with Gasteiger partial charge in [0, 0.05) is 25.2 Å². The topological polar surface area (TPSA) is 35.9 Å². The van der Waals surface area contributed by atoms with Crippen LogP contribution >= 0.6 is 0 Å². The molecule has 2 aliphatic heterocycles. The molecule has 1 spiro atoms. The first kappa shape index (κ1) is 17.6. The SMILES string of the molecule is CN1CC(O)CC2(CCN(Cc3ccccc3OC(F)F)CC2)C1. The van der Waals surface area contributed by atoms with Gasteiger partial charge in [-0.15, -0.1) is 0 Å². The molecule has 2 saturated heterocycles.